The van der Waals surface area contributed by atoms with Crippen LogP contribution in [-0.4, -0.2) is 33.1 Å². The number of carbonyl (C=O) groups is 1. The molecule has 0 aliphatic carbocycles. The van der Waals surface area contributed by atoms with E-state index in [0.29, 0.717) is 5.56 Å². The standard InChI is InChI=1S/C12H16O4S/c1-2-17-9-5-3-4-8(6-9)12(16)10(13)7-11(14)15/h3-6,10,12-13,16H,2,7H2,1H3,(H,14,15). The molecule has 94 valence electrons. The predicted octanol–water partition coefficient (Wildman–Crippen LogP) is 1.67. The van der Waals surface area contributed by atoms with Gasteiger partial charge >= 0.3 is 5.97 Å². The van der Waals surface area contributed by atoms with Crippen molar-refractivity contribution < 1.29 is 20.1 Å². The Morgan fingerprint density at radius 2 is 2.12 bits per heavy atom. The monoisotopic (exact) mass is 256 g/mol. The molecule has 0 saturated carbocycles. The quantitative estimate of drug-likeness (QED) is 0.675. The molecular formula is C12H16O4S. The van der Waals surface area contributed by atoms with Crippen LogP contribution < -0.4 is 0 Å². The van der Waals surface area contributed by atoms with E-state index in [1.165, 1.54) is 0 Å². The Morgan fingerprint density at radius 3 is 2.71 bits per heavy atom. The maximum Gasteiger partial charge on any atom is 0.306 e. The Labute approximate surface area is 104 Å². The molecule has 4 nitrogen and oxygen atoms in total. The van der Waals surface area contributed by atoms with Crippen molar-refractivity contribution in [2.75, 3.05) is 5.75 Å². The number of hydrogen-bond donors (Lipinski definition) is 3. The molecule has 2 atom stereocenters. The molecule has 0 bridgehead atoms. The molecule has 0 heterocycles. The fourth-order valence-electron chi connectivity index (χ4n) is 1.47. The van der Waals surface area contributed by atoms with Crippen molar-refractivity contribution in [3.63, 3.8) is 0 Å². The van der Waals surface area contributed by atoms with Gasteiger partial charge in [0, 0.05) is 4.90 Å². The third-order valence-electron chi connectivity index (χ3n) is 2.26. The zero-order valence-corrected chi connectivity index (χ0v) is 10.4. The van der Waals surface area contributed by atoms with E-state index < -0.39 is 24.6 Å². The summed E-state index contributed by atoms with van der Waals surface area (Å²) in [5.41, 5.74) is 0.539. The summed E-state index contributed by atoms with van der Waals surface area (Å²) in [6, 6.07) is 7.14. The van der Waals surface area contributed by atoms with E-state index in [-0.39, 0.29) is 0 Å². The summed E-state index contributed by atoms with van der Waals surface area (Å²) in [6.45, 7) is 2.02. The molecule has 1 rings (SSSR count). The van der Waals surface area contributed by atoms with Gasteiger partial charge in [0.05, 0.1) is 12.5 Å². The topological polar surface area (TPSA) is 77.8 Å². The highest BCUT2D eigenvalue weighted by Crippen LogP contribution is 2.24. The van der Waals surface area contributed by atoms with Crippen molar-refractivity contribution in [1.82, 2.24) is 0 Å². The molecule has 0 radical (unpaired) electrons. The summed E-state index contributed by atoms with van der Waals surface area (Å²) in [5.74, 6) is -0.215. The van der Waals surface area contributed by atoms with Gasteiger partial charge < -0.3 is 15.3 Å². The van der Waals surface area contributed by atoms with Crippen molar-refractivity contribution >= 4 is 17.7 Å². The molecule has 1 aromatic carbocycles. The van der Waals surface area contributed by atoms with Crippen LogP contribution in [0.1, 0.15) is 25.0 Å². The number of benzene rings is 1. The molecule has 0 fully saturated rings. The zero-order valence-electron chi connectivity index (χ0n) is 9.54. The summed E-state index contributed by atoms with van der Waals surface area (Å²) in [7, 11) is 0. The van der Waals surface area contributed by atoms with E-state index in [4.69, 9.17) is 5.11 Å². The van der Waals surface area contributed by atoms with Crippen LogP contribution in [0.3, 0.4) is 0 Å². The molecule has 0 spiro atoms. The summed E-state index contributed by atoms with van der Waals surface area (Å²) in [4.78, 5) is 11.4. The molecule has 0 saturated heterocycles. The molecule has 3 N–H and O–H groups in total. The van der Waals surface area contributed by atoms with Crippen LogP contribution in [0.5, 0.6) is 0 Å². The fraction of sp³-hybridized carbons (Fsp3) is 0.417. The molecule has 0 aliphatic rings. The Morgan fingerprint density at radius 1 is 1.41 bits per heavy atom. The lowest BCUT2D eigenvalue weighted by atomic mass is 10.0. The van der Waals surface area contributed by atoms with Crippen molar-refractivity contribution in [3.8, 4) is 0 Å². The molecule has 5 heteroatoms. The van der Waals surface area contributed by atoms with Crippen LogP contribution in [0.25, 0.3) is 0 Å². The second-order valence-electron chi connectivity index (χ2n) is 3.62. The lowest BCUT2D eigenvalue weighted by Crippen LogP contribution is -2.21. The van der Waals surface area contributed by atoms with E-state index in [1.807, 2.05) is 13.0 Å². The maximum atomic E-state index is 10.4. The summed E-state index contributed by atoms with van der Waals surface area (Å²) in [5, 5.41) is 27.9. The highest BCUT2D eigenvalue weighted by Gasteiger charge is 2.21. The lowest BCUT2D eigenvalue weighted by molar-refractivity contribution is -0.141. The van der Waals surface area contributed by atoms with Crippen LogP contribution in [0, 0.1) is 0 Å². The van der Waals surface area contributed by atoms with E-state index in [2.05, 4.69) is 0 Å². The van der Waals surface area contributed by atoms with Gasteiger partial charge in [0.15, 0.2) is 0 Å². The second kappa shape index (κ2) is 6.64. The molecule has 17 heavy (non-hydrogen) atoms. The first-order valence-electron chi connectivity index (χ1n) is 5.35. The number of aliphatic carboxylic acids is 1. The van der Waals surface area contributed by atoms with Gasteiger partial charge in [-0.1, -0.05) is 19.1 Å². The van der Waals surface area contributed by atoms with E-state index in [0.717, 1.165) is 10.6 Å². The van der Waals surface area contributed by atoms with Crippen LogP contribution in [0.4, 0.5) is 0 Å². The van der Waals surface area contributed by atoms with Gasteiger partial charge in [0.1, 0.15) is 6.10 Å². The third kappa shape index (κ3) is 4.38. The van der Waals surface area contributed by atoms with Gasteiger partial charge in [0.25, 0.3) is 0 Å². The smallest absolute Gasteiger partial charge is 0.306 e. The number of carboxylic acid groups (broad SMARTS) is 1. The SMILES string of the molecule is CCSc1cccc(C(O)C(O)CC(=O)O)c1. The van der Waals surface area contributed by atoms with E-state index in [1.54, 1.807) is 30.0 Å². The van der Waals surface area contributed by atoms with Gasteiger partial charge in [-0.05, 0) is 23.4 Å². The molecule has 0 aromatic heterocycles. The fourth-order valence-corrected chi connectivity index (χ4v) is 2.20. The Balaban J connectivity index is 2.76. The number of rotatable bonds is 6. The largest absolute Gasteiger partial charge is 0.481 e. The van der Waals surface area contributed by atoms with Crippen LogP contribution in [-0.2, 0) is 4.79 Å². The zero-order chi connectivity index (χ0) is 12.8. The molecule has 0 aliphatic heterocycles. The van der Waals surface area contributed by atoms with Gasteiger partial charge in [-0.3, -0.25) is 4.79 Å². The van der Waals surface area contributed by atoms with Crippen molar-refractivity contribution in [1.29, 1.82) is 0 Å². The minimum absolute atomic E-state index is 0.466. The normalized spacial score (nSPS) is 14.3. The van der Waals surface area contributed by atoms with Gasteiger partial charge in [-0.2, -0.15) is 0 Å². The lowest BCUT2D eigenvalue weighted by Gasteiger charge is -2.17. The number of carboxylic acids is 1. The maximum absolute atomic E-state index is 10.4. The van der Waals surface area contributed by atoms with Crippen LogP contribution in [0.15, 0.2) is 29.2 Å². The number of hydrogen-bond acceptors (Lipinski definition) is 4. The molecule has 0 amide bonds. The Bertz CT molecular complexity index is 381. The van der Waals surface area contributed by atoms with Gasteiger partial charge in [-0.25, -0.2) is 0 Å². The summed E-state index contributed by atoms with van der Waals surface area (Å²) < 4.78 is 0. The number of aliphatic hydroxyl groups is 2. The number of thioether (sulfide) groups is 1. The van der Waals surface area contributed by atoms with Crippen LogP contribution in [0.2, 0.25) is 0 Å². The van der Waals surface area contributed by atoms with Gasteiger partial charge in [0.2, 0.25) is 0 Å². The minimum atomic E-state index is -1.28. The summed E-state index contributed by atoms with van der Waals surface area (Å²) >= 11 is 1.62. The summed E-state index contributed by atoms with van der Waals surface area (Å²) in [6.07, 6.45) is -2.91. The highest BCUT2D eigenvalue weighted by atomic mass is 32.2. The average molecular weight is 256 g/mol. The highest BCUT2D eigenvalue weighted by molar-refractivity contribution is 7.99. The van der Waals surface area contributed by atoms with E-state index >= 15 is 0 Å². The molecular weight excluding hydrogens is 240 g/mol. The first kappa shape index (κ1) is 14.0. The van der Waals surface area contributed by atoms with Crippen molar-refractivity contribution in [3.05, 3.63) is 29.8 Å². The van der Waals surface area contributed by atoms with Gasteiger partial charge in [-0.15, -0.1) is 11.8 Å². The third-order valence-corrected chi connectivity index (χ3v) is 3.13. The van der Waals surface area contributed by atoms with Crippen molar-refractivity contribution in [2.24, 2.45) is 0 Å². The Kier molecular flexibility index (Phi) is 5.47. The van der Waals surface area contributed by atoms with E-state index in [9.17, 15) is 15.0 Å². The molecule has 2 unspecified atom stereocenters. The first-order chi connectivity index (χ1) is 8.04. The van der Waals surface area contributed by atoms with Crippen LogP contribution >= 0.6 is 11.8 Å². The number of aliphatic hydroxyl groups excluding tert-OH is 2. The second-order valence-corrected chi connectivity index (χ2v) is 4.95. The first-order valence-corrected chi connectivity index (χ1v) is 6.33. The predicted molar refractivity (Wildman–Crippen MR) is 66.1 cm³/mol. The molecule has 1 aromatic rings. The Hall–Kier alpha value is -1.04. The minimum Gasteiger partial charge on any atom is -0.481 e. The van der Waals surface area contributed by atoms with Crippen molar-refractivity contribution in [2.45, 2.75) is 30.4 Å². The average Bonchev–Trinajstić information content (AvgIpc) is 2.28.